The lowest BCUT2D eigenvalue weighted by atomic mass is 10.1. The molecule has 0 radical (unpaired) electrons. The zero-order valence-electron chi connectivity index (χ0n) is 14.9. The molecule has 1 heterocycles. The van der Waals surface area contributed by atoms with E-state index in [-0.39, 0.29) is 24.3 Å². The van der Waals surface area contributed by atoms with Gasteiger partial charge >= 0.3 is 12.2 Å². The van der Waals surface area contributed by atoms with E-state index in [1.807, 2.05) is 0 Å². The van der Waals surface area contributed by atoms with Gasteiger partial charge in [0.25, 0.3) is 17.5 Å². The first kappa shape index (κ1) is 20.2. The molecule has 0 aliphatic carbocycles. The number of amides is 4. The van der Waals surface area contributed by atoms with Gasteiger partial charge in [0.05, 0.1) is 0 Å². The Bertz CT molecular complexity index is 932. The number of imide groups is 1. The minimum absolute atomic E-state index is 0.00320. The van der Waals surface area contributed by atoms with E-state index >= 15 is 0 Å². The van der Waals surface area contributed by atoms with Crippen molar-refractivity contribution in [1.29, 1.82) is 0 Å². The number of hydrogen-bond acceptors (Lipinski definition) is 4. The smallest absolute Gasteiger partial charge is 0.440 e. The summed E-state index contributed by atoms with van der Waals surface area (Å²) < 4.78 is 41.4. The van der Waals surface area contributed by atoms with E-state index in [0.29, 0.717) is 10.5 Å². The van der Waals surface area contributed by atoms with E-state index in [1.54, 1.807) is 16.7 Å². The highest BCUT2D eigenvalue weighted by Gasteiger charge is 2.68. The number of hydrogen-bond donors (Lipinski definition) is 3. The molecule has 10 heteroatoms. The van der Waals surface area contributed by atoms with Crippen molar-refractivity contribution in [2.45, 2.75) is 18.3 Å². The van der Waals surface area contributed by atoms with Crippen LogP contribution in [-0.2, 0) is 11.2 Å². The highest BCUT2D eigenvalue weighted by atomic mass is 19.4. The summed E-state index contributed by atoms with van der Waals surface area (Å²) in [5.41, 5.74) is -3.05. The minimum atomic E-state index is -5.27. The summed E-state index contributed by atoms with van der Waals surface area (Å²) in [4.78, 5) is 37.4. The van der Waals surface area contributed by atoms with Gasteiger partial charge in [0.1, 0.15) is 5.75 Å². The Kier molecular flexibility index (Phi) is 5.19. The predicted molar refractivity (Wildman–Crippen MR) is 94.7 cm³/mol. The number of phenols is 1. The zero-order valence-corrected chi connectivity index (χ0v) is 14.9. The highest BCUT2D eigenvalue weighted by molar-refractivity contribution is 6.10. The van der Waals surface area contributed by atoms with Crippen molar-refractivity contribution in [3.8, 4) is 5.75 Å². The Hall–Kier alpha value is -3.56. The topological polar surface area (TPSA) is 98.7 Å². The average molecular weight is 407 g/mol. The molecule has 1 fully saturated rings. The molecule has 1 saturated heterocycles. The van der Waals surface area contributed by atoms with Gasteiger partial charge in [-0.15, -0.1) is 0 Å². The van der Waals surface area contributed by atoms with Crippen LogP contribution in [0.25, 0.3) is 0 Å². The van der Waals surface area contributed by atoms with Crippen molar-refractivity contribution < 1.29 is 32.7 Å². The van der Waals surface area contributed by atoms with Crippen LogP contribution in [0.3, 0.4) is 0 Å². The molecule has 3 rings (SSSR count). The van der Waals surface area contributed by atoms with Crippen molar-refractivity contribution in [3.63, 3.8) is 0 Å². The van der Waals surface area contributed by atoms with Crippen LogP contribution in [0.5, 0.6) is 5.75 Å². The minimum Gasteiger partial charge on any atom is -0.508 e. The molecule has 2 aromatic carbocycles. The van der Waals surface area contributed by atoms with Gasteiger partial charge < -0.3 is 10.4 Å². The van der Waals surface area contributed by atoms with Crippen molar-refractivity contribution in [2.24, 2.45) is 0 Å². The number of carbonyl (C=O) groups excluding carboxylic acids is 3. The van der Waals surface area contributed by atoms with Crippen LogP contribution >= 0.6 is 0 Å². The summed E-state index contributed by atoms with van der Waals surface area (Å²) >= 11 is 0. The average Bonchev–Trinajstić information content (AvgIpc) is 2.92. The second kappa shape index (κ2) is 7.46. The third kappa shape index (κ3) is 3.86. The Morgan fingerprint density at radius 1 is 1.07 bits per heavy atom. The molecule has 7 nitrogen and oxygen atoms in total. The summed E-state index contributed by atoms with van der Waals surface area (Å²) in [7, 11) is 0. The standard InChI is InChI=1S/C19H16F3N3O4/c20-19(21,22)18(23-15(27)13-4-2-1-3-5-13)16(28)25(17(29)24-18)11-10-12-6-8-14(26)9-7-12/h1-9,26H,10-11H2,(H,23,27)(H,24,29). The fourth-order valence-corrected chi connectivity index (χ4v) is 2.86. The molecule has 0 aromatic heterocycles. The summed E-state index contributed by atoms with van der Waals surface area (Å²) in [6.07, 6.45) is -5.20. The largest absolute Gasteiger partial charge is 0.508 e. The van der Waals surface area contributed by atoms with Crippen LogP contribution in [0.1, 0.15) is 15.9 Å². The number of phenolic OH excluding ortho intramolecular Hbond substituents is 1. The van der Waals surface area contributed by atoms with Crippen LogP contribution in [0.2, 0.25) is 0 Å². The van der Waals surface area contributed by atoms with Gasteiger partial charge in [-0.05, 0) is 36.2 Å². The van der Waals surface area contributed by atoms with Crippen LogP contribution in [0.15, 0.2) is 54.6 Å². The van der Waals surface area contributed by atoms with Crippen molar-refractivity contribution >= 4 is 17.8 Å². The zero-order chi connectivity index (χ0) is 21.2. The summed E-state index contributed by atoms with van der Waals surface area (Å²) in [5.74, 6) is -2.77. The molecule has 0 saturated carbocycles. The quantitative estimate of drug-likeness (QED) is 0.662. The molecule has 1 unspecified atom stereocenters. The third-order valence-corrected chi connectivity index (χ3v) is 4.43. The second-order valence-electron chi connectivity index (χ2n) is 6.37. The fraction of sp³-hybridized carbons (Fsp3) is 0.211. The Labute approximate surface area is 163 Å². The first-order valence-electron chi connectivity index (χ1n) is 8.50. The number of rotatable bonds is 5. The SMILES string of the molecule is O=C(NC1(C(F)(F)F)NC(=O)N(CCc2ccc(O)cc2)C1=O)c1ccccc1. The van der Waals surface area contributed by atoms with Crippen LogP contribution in [0.4, 0.5) is 18.0 Å². The summed E-state index contributed by atoms with van der Waals surface area (Å²) in [5, 5.41) is 12.5. The lowest BCUT2D eigenvalue weighted by molar-refractivity contribution is -0.200. The van der Waals surface area contributed by atoms with E-state index in [9.17, 15) is 32.7 Å². The Morgan fingerprint density at radius 3 is 2.28 bits per heavy atom. The van der Waals surface area contributed by atoms with E-state index in [1.165, 1.54) is 48.5 Å². The number of carbonyl (C=O) groups is 3. The molecule has 0 spiro atoms. The molecule has 3 N–H and O–H groups in total. The van der Waals surface area contributed by atoms with Gasteiger partial charge in [0.2, 0.25) is 0 Å². The maximum atomic E-state index is 13.8. The molecule has 1 aliphatic rings. The van der Waals surface area contributed by atoms with Gasteiger partial charge in [-0.25, -0.2) is 4.79 Å². The maximum Gasteiger partial charge on any atom is 0.440 e. The number of urea groups is 1. The van der Waals surface area contributed by atoms with Gasteiger partial charge in [0.15, 0.2) is 0 Å². The van der Waals surface area contributed by atoms with Crippen LogP contribution in [-0.4, -0.2) is 46.2 Å². The Morgan fingerprint density at radius 2 is 1.69 bits per heavy atom. The summed E-state index contributed by atoms with van der Waals surface area (Å²) in [6.45, 7) is -0.339. The number of nitrogens with one attached hydrogen (secondary N) is 2. The van der Waals surface area contributed by atoms with E-state index in [4.69, 9.17) is 0 Å². The van der Waals surface area contributed by atoms with Crippen LogP contribution in [0, 0.1) is 0 Å². The number of halogens is 3. The lowest BCUT2D eigenvalue weighted by Gasteiger charge is -2.29. The monoisotopic (exact) mass is 407 g/mol. The number of alkyl halides is 3. The highest BCUT2D eigenvalue weighted by Crippen LogP contribution is 2.34. The first-order valence-corrected chi connectivity index (χ1v) is 8.50. The number of benzene rings is 2. The van der Waals surface area contributed by atoms with Crippen molar-refractivity contribution in [3.05, 3.63) is 65.7 Å². The molecule has 152 valence electrons. The first-order chi connectivity index (χ1) is 13.6. The molecule has 2 aromatic rings. The van der Waals surface area contributed by atoms with E-state index in [0.717, 1.165) is 0 Å². The fourth-order valence-electron chi connectivity index (χ4n) is 2.86. The van der Waals surface area contributed by atoms with E-state index < -0.39 is 29.7 Å². The van der Waals surface area contributed by atoms with E-state index in [2.05, 4.69) is 0 Å². The van der Waals surface area contributed by atoms with Crippen molar-refractivity contribution in [2.75, 3.05) is 6.54 Å². The molecule has 1 aliphatic heterocycles. The lowest BCUT2D eigenvalue weighted by Crippen LogP contribution is -2.69. The number of nitrogens with zero attached hydrogens (tertiary/aromatic N) is 1. The molecule has 29 heavy (non-hydrogen) atoms. The normalized spacial score (nSPS) is 19.2. The molecule has 4 amide bonds. The molecular formula is C19H16F3N3O4. The van der Waals surface area contributed by atoms with Gasteiger partial charge in [-0.1, -0.05) is 30.3 Å². The molecular weight excluding hydrogens is 391 g/mol. The third-order valence-electron chi connectivity index (χ3n) is 4.43. The van der Waals surface area contributed by atoms with Crippen LogP contribution < -0.4 is 10.6 Å². The Balaban J connectivity index is 1.82. The molecule has 1 atom stereocenters. The van der Waals surface area contributed by atoms with Gasteiger partial charge in [-0.3, -0.25) is 19.8 Å². The number of aromatic hydroxyl groups is 1. The van der Waals surface area contributed by atoms with Crippen molar-refractivity contribution in [1.82, 2.24) is 15.5 Å². The second-order valence-corrected chi connectivity index (χ2v) is 6.37. The predicted octanol–water partition coefficient (Wildman–Crippen LogP) is 2.18. The van der Waals surface area contributed by atoms with Gasteiger partial charge in [-0.2, -0.15) is 13.2 Å². The molecule has 0 bridgehead atoms. The maximum absolute atomic E-state index is 13.8. The van der Waals surface area contributed by atoms with Gasteiger partial charge in [0, 0.05) is 12.1 Å². The summed E-state index contributed by atoms with van der Waals surface area (Å²) in [6, 6.07) is 11.6.